The van der Waals surface area contributed by atoms with Crippen molar-refractivity contribution >= 4 is 28.3 Å². The van der Waals surface area contributed by atoms with Crippen LogP contribution >= 0.6 is 0 Å². The molecule has 0 unspecified atom stereocenters. The molecule has 0 saturated heterocycles. The molecular weight excluding hydrogens is 392 g/mol. The van der Waals surface area contributed by atoms with Gasteiger partial charge in [-0.2, -0.15) is 5.10 Å². The Kier molecular flexibility index (Phi) is 7.17. The van der Waals surface area contributed by atoms with Crippen LogP contribution < -0.4 is 16.2 Å². The molecule has 1 aromatic heterocycles. The van der Waals surface area contributed by atoms with E-state index < -0.39 is 11.8 Å². The van der Waals surface area contributed by atoms with E-state index in [1.165, 1.54) is 4.68 Å². The van der Waals surface area contributed by atoms with Gasteiger partial charge in [-0.05, 0) is 30.7 Å². The normalized spacial score (nSPS) is 10.5. The van der Waals surface area contributed by atoms with Crippen LogP contribution in [0.5, 0.6) is 0 Å². The highest BCUT2D eigenvalue weighted by molar-refractivity contribution is 6.06. The number of nitrogens with one attached hydrogen (secondary N) is 2. The third kappa shape index (κ3) is 5.37. The Morgan fingerprint density at radius 3 is 2.61 bits per heavy atom. The Morgan fingerprint density at radius 1 is 1.10 bits per heavy atom. The number of fused-ring (bicyclic) bond motifs is 1. The van der Waals surface area contributed by atoms with Crippen LogP contribution in [0.2, 0.25) is 0 Å². The van der Waals surface area contributed by atoms with Crippen LogP contribution in [0.15, 0.2) is 53.3 Å². The highest BCUT2D eigenvalue weighted by Crippen LogP contribution is 2.14. The second kappa shape index (κ2) is 10.2. The minimum Gasteiger partial charge on any atom is -0.342 e. The number of rotatable bonds is 8. The Bertz CT molecular complexity index is 1210. The number of hydrogen-bond donors (Lipinski definition) is 2. The highest BCUT2D eigenvalue weighted by Gasteiger charge is 2.17. The van der Waals surface area contributed by atoms with Crippen LogP contribution in [0, 0.1) is 12.3 Å². The Hall–Kier alpha value is -3.92. The predicted octanol–water partition coefficient (Wildman–Crippen LogP) is 2.94. The Labute approximate surface area is 180 Å². The van der Waals surface area contributed by atoms with Crippen LogP contribution in [-0.4, -0.2) is 28.1 Å². The summed E-state index contributed by atoms with van der Waals surface area (Å²) in [4.78, 5) is 37.8. The molecule has 0 aliphatic rings. The summed E-state index contributed by atoms with van der Waals surface area (Å²) in [7, 11) is 0. The number of aromatic nitrogens is 2. The van der Waals surface area contributed by atoms with E-state index in [2.05, 4.69) is 28.6 Å². The molecule has 0 radical (unpaired) electrons. The molecule has 0 spiro atoms. The van der Waals surface area contributed by atoms with E-state index >= 15 is 0 Å². The summed E-state index contributed by atoms with van der Waals surface area (Å²) in [5, 5.41) is 10.5. The molecule has 7 nitrogen and oxygen atoms in total. The number of carbonyl (C=O) groups is 2. The van der Waals surface area contributed by atoms with Crippen molar-refractivity contribution in [2.45, 2.75) is 32.7 Å². The zero-order valence-electron chi connectivity index (χ0n) is 17.4. The summed E-state index contributed by atoms with van der Waals surface area (Å²) in [6.07, 6.45) is 8.13. The van der Waals surface area contributed by atoms with E-state index in [-0.39, 0.29) is 17.8 Å². The first-order valence-electron chi connectivity index (χ1n) is 10.2. The van der Waals surface area contributed by atoms with Gasteiger partial charge in [0.05, 0.1) is 11.9 Å². The maximum atomic E-state index is 12.8. The van der Waals surface area contributed by atoms with Crippen LogP contribution in [0.4, 0.5) is 5.69 Å². The average molecular weight is 416 g/mol. The third-order valence-electron chi connectivity index (χ3n) is 4.78. The molecule has 7 heteroatoms. The standard InChI is InChI=1S/C24H24N4O3/c1-3-5-8-14-28-24(31)20-13-7-6-12-19(20)22(27-28)23(30)25-16-21(29)26-18-11-9-10-17(4-2)15-18/h2,6-7,9-13,15H,3,5,8,14,16H2,1H3,(H,25,30)(H,26,29). The SMILES string of the molecule is C#Cc1cccc(NC(=O)CNC(=O)c2nn(CCCCC)c(=O)c3ccccc23)c1. The molecule has 158 valence electrons. The van der Waals surface area contributed by atoms with Crippen molar-refractivity contribution in [3.05, 3.63) is 70.1 Å². The monoisotopic (exact) mass is 416 g/mol. The van der Waals surface area contributed by atoms with Gasteiger partial charge in [0, 0.05) is 23.2 Å². The van der Waals surface area contributed by atoms with Gasteiger partial charge < -0.3 is 10.6 Å². The fourth-order valence-electron chi connectivity index (χ4n) is 3.20. The molecule has 2 N–H and O–H groups in total. The lowest BCUT2D eigenvalue weighted by Crippen LogP contribution is -2.35. The fourth-order valence-corrected chi connectivity index (χ4v) is 3.20. The summed E-state index contributed by atoms with van der Waals surface area (Å²) in [6.45, 7) is 2.26. The van der Waals surface area contributed by atoms with Crippen molar-refractivity contribution < 1.29 is 9.59 Å². The van der Waals surface area contributed by atoms with Gasteiger partial charge in [-0.3, -0.25) is 14.4 Å². The lowest BCUT2D eigenvalue weighted by Gasteiger charge is -2.11. The third-order valence-corrected chi connectivity index (χ3v) is 4.78. The summed E-state index contributed by atoms with van der Waals surface area (Å²) in [5.41, 5.74) is 1.08. The number of aryl methyl sites for hydroxylation is 1. The van der Waals surface area contributed by atoms with Gasteiger partial charge in [0.15, 0.2) is 5.69 Å². The van der Waals surface area contributed by atoms with Gasteiger partial charge in [0.2, 0.25) is 5.91 Å². The molecule has 0 fully saturated rings. The topological polar surface area (TPSA) is 93.1 Å². The van der Waals surface area contributed by atoms with Crippen LogP contribution in [0.25, 0.3) is 10.8 Å². The van der Waals surface area contributed by atoms with Crippen molar-refractivity contribution in [1.29, 1.82) is 0 Å². The molecule has 0 saturated carbocycles. The van der Waals surface area contributed by atoms with E-state index in [0.717, 1.165) is 19.3 Å². The van der Waals surface area contributed by atoms with Crippen molar-refractivity contribution in [2.75, 3.05) is 11.9 Å². The van der Waals surface area contributed by atoms with Crippen molar-refractivity contribution in [3.8, 4) is 12.3 Å². The zero-order valence-corrected chi connectivity index (χ0v) is 17.4. The number of benzene rings is 2. The average Bonchev–Trinajstić information content (AvgIpc) is 2.79. The molecule has 3 aromatic rings. The molecule has 0 bridgehead atoms. The number of amides is 2. The molecule has 3 rings (SSSR count). The van der Waals surface area contributed by atoms with Gasteiger partial charge in [0.1, 0.15) is 0 Å². The maximum Gasteiger partial charge on any atom is 0.274 e. The predicted molar refractivity (Wildman–Crippen MR) is 121 cm³/mol. The molecule has 2 amide bonds. The molecule has 31 heavy (non-hydrogen) atoms. The van der Waals surface area contributed by atoms with E-state index in [9.17, 15) is 14.4 Å². The number of hydrogen-bond acceptors (Lipinski definition) is 4. The van der Waals surface area contributed by atoms with Gasteiger partial charge in [-0.1, -0.05) is 50.0 Å². The number of unbranched alkanes of at least 4 members (excludes halogenated alkanes) is 2. The quantitative estimate of drug-likeness (QED) is 0.436. The van der Waals surface area contributed by atoms with Crippen molar-refractivity contribution in [1.82, 2.24) is 15.1 Å². The first kappa shape index (κ1) is 21.8. The van der Waals surface area contributed by atoms with Gasteiger partial charge >= 0.3 is 0 Å². The molecule has 1 heterocycles. The second-order valence-corrected chi connectivity index (χ2v) is 7.09. The maximum absolute atomic E-state index is 12.8. The van der Waals surface area contributed by atoms with E-state index in [1.807, 2.05) is 0 Å². The van der Waals surface area contributed by atoms with E-state index in [0.29, 0.717) is 28.6 Å². The number of anilines is 1. The minimum absolute atomic E-state index is 0.119. The van der Waals surface area contributed by atoms with E-state index in [1.54, 1.807) is 48.5 Å². The van der Waals surface area contributed by atoms with Crippen LogP contribution in [0.3, 0.4) is 0 Å². The summed E-state index contributed by atoms with van der Waals surface area (Å²) < 4.78 is 1.33. The lowest BCUT2D eigenvalue weighted by molar-refractivity contribution is -0.115. The molecule has 0 atom stereocenters. The smallest absolute Gasteiger partial charge is 0.274 e. The van der Waals surface area contributed by atoms with Gasteiger partial charge in [-0.25, -0.2) is 4.68 Å². The second-order valence-electron chi connectivity index (χ2n) is 7.09. The molecule has 2 aromatic carbocycles. The molecule has 0 aliphatic carbocycles. The number of terminal acetylenes is 1. The van der Waals surface area contributed by atoms with Crippen molar-refractivity contribution in [3.63, 3.8) is 0 Å². The molecule has 0 aliphatic heterocycles. The van der Waals surface area contributed by atoms with Gasteiger partial charge in [0.25, 0.3) is 11.5 Å². The van der Waals surface area contributed by atoms with Crippen molar-refractivity contribution in [2.24, 2.45) is 0 Å². The zero-order chi connectivity index (χ0) is 22.2. The summed E-state index contributed by atoms with van der Waals surface area (Å²) >= 11 is 0. The lowest BCUT2D eigenvalue weighted by atomic mass is 10.1. The summed E-state index contributed by atoms with van der Waals surface area (Å²) in [5.74, 6) is 1.58. The largest absolute Gasteiger partial charge is 0.342 e. The number of carbonyl (C=O) groups excluding carboxylic acids is 2. The first-order chi connectivity index (χ1) is 15.0. The number of nitrogens with zero attached hydrogens (tertiary/aromatic N) is 2. The highest BCUT2D eigenvalue weighted by atomic mass is 16.2. The Balaban J connectivity index is 1.76. The Morgan fingerprint density at radius 2 is 1.87 bits per heavy atom. The van der Waals surface area contributed by atoms with Crippen LogP contribution in [-0.2, 0) is 11.3 Å². The first-order valence-corrected chi connectivity index (χ1v) is 10.2. The molecular formula is C24H24N4O3. The fraction of sp³-hybridized carbons (Fsp3) is 0.250. The van der Waals surface area contributed by atoms with Gasteiger partial charge in [-0.15, -0.1) is 6.42 Å². The summed E-state index contributed by atoms with van der Waals surface area (Å²) in [6, 6.07) is 13.7. The van der Waals surface area contributed by atoms with Crippen LogP contribution in [0.1, 0.15) is 42.2 Å². The van der Waals surface area contributed by atoms with E-state index in [4.69, 9.17) is 6.42 Å². The minimum atomic E-state index is -0.520.